The maximum atomic E-state index is 13.5. The van der Waals surface area contributed by atoms with Gasteiger partial charge in [-0.25, -0.2) is 14.4 Å². The Balaban J connectivity index is 2.39. The highest BCUT2D eigenvalue weighted by Crippen LogP contribution is 2.19. The Hall–Kier alpha value is -1.81. The number of benzene rings is 1. The largest absolute Gasteiger partial charge is 0.319 e. The third-order valence-electron chi connectivity index (χ3n) is 2.36. The molecule has 2 aromatic rings. The highest BCUT2D eigenvalue weighted by molar-refractivity contribution is 5.28. The second-order valence-electron chi connectivity index (χ2n) is 3.53. The second kappa shape index (κ2) is 4.37. The van der Waals surface area contributed by atoms with Gasteiger partial charge in [-0.2, -0.15) is 0 Å². The quantitative estimate of drug-likeness (QED) is 0.836. The number of nitrogens with two attached hydrogens (primary N) is 1. The summed E-state index contributed by atoms with van der Waals surface area (Å²) in [5, 5.41) is 0. The molecule has 1 aromatic carbocycles. The van der Waals surface area contributed by atoms with Crippen LogP contribution >= 0.6 is 0 Å². The Kier molecular flexibility index (Phi) is 2.92. The highest BCUT2D eigenvalue weighted by Gasteiger charge is 2.14. The van der Waals surface area contributed by atoms with E-state index in [1.807, 2.05) is 0 Å². The molecule has 2 rings (SSSR count). The lowest BCUT2D eigenvalue weighted by atomic mass is 10.0. The lowest BCUT2D eigenvalue weighted by Gasteiger charge is -2.12. The molecule has 16 heavy (non-hydrogen) atoms. The van der Waals surface area contributed by atoms with Gasteiger partial charge < -0.3 is 5.73 Å². The van der Waals surface area contributed by atoms with E-state index in [0.717, 1.165) is 0 Å². The first kappa shape index (κ1) is 10.7. The fourth-order valence-electron chi connectivity index (χ4n) is 1.53. The van der Waals surface area contributed by atoms with Crippen molar-refractivity contribution in [2.75, 3.05) is 0 Å². The molecular weight excluding hydrogens is 205 g/mol. The van der Waals surface area contributed by atoms with Crippen LogP contribution in [0.1, 0.15) is 23.1 Å². The summed E-state index contributed by atoms with van der Waals surface area (Å²) >= 11 is 0. The van der Waals surface area contributed by atoms with Crippen LogP contribution in [-0.4, -0.2) is 9.97 Å². The van der Waals surface area contributed by atoms with Gasteiger partial charge in [-0.15, -0.1) is 0 Å². The summed E-state index contributed by atoms with van der Waals surface area (Å²) in [7, 11) is 0. The van der Waals surface area contributed by atoms with Crippen molar-refractivity contribution in [2.24, 2.45) is 5.73 Å². The topological polar surface area (TPSA) is 51.8 Å². The molecule has 3 nitrogen and oxygen atoms in total. The molecule has 2 N–H and O–H groups in total. The van der Waals surface area contributed by atoms with Crippen LogP contribution in [0.2, 0.25) is 0 Å². The van der Waals surface area contributed by atoms with Gasteiger partial charge in [0.15, 0.2) is 0 Å². The van der Waals surface area contributed by atoms with E-state index in [0.29, 0.717) is 17.1 Å². The van der Waals surface area contributed by atoms with Crippen molar-refractivity contribution in [3.05, 3.63) is 59.4 Å². The first-order valence-corrected chi connectivity index (χ1v) is 4.98. The van der Waals surface area contributed by atoms with Gasteiger partial charge in [-0.05, 0) is 19.1 Å². The molecule has 0 fully saturated rings. The number of halogens is 1. The van der Waals surface area contributed by atoms with E-state index in [4.69, 9.17) is 5.73 Å². The number of aryl methyl sites for hydroxylation is 1. The molecule has 0 saturated carbocycles. The maximum absolute atomic E-state index is 13.5. The number of rotatable bonds is 2. The van der Waals surface area contributed by atoms with Crippen LogP contribution in [0.5, 0.6) is 0 Å². The van der Waals surface area contributed by atoms with Crippen LogP contribution in [0.25, 0.3) is 0 Å². The monoisotopic (exact) mass is 217 g/mol. The number of aromatic nitrogens is 2. The van der Waals surface area contributed by atoms with Gasteiger partial charge in [0.05, 0.1) is 11.7 Å². The molecule has 0 radical (unpaired) electrons. The van der Waals surface area contributed by atoms with Crippen LogP contribution in [0, 0.1) is 12.7 Å². The van der Waals surface area contributed by atoms with Gasteiger partial charge in [0.1, 0.15) is 11.6 Å². The summed E-state index contributed by atoms with van der Waals surface area (Å²) in [6, 6.07) is 7.59. The number of hydrogen-bond donors (Lipinski definition) is 1. The van der Waals surface area contributed by atoms with Crippen molar-refractivity contribution in [3.63, 3.8) is 0 Å². The highest BCUT2D eigenvalue weighted by atomic mass is 19.1. The molecule has 4 heteroatoms. The molecule has 0 aliphatic heterocycles. The van der Waals surface area contributed by atoms with E-state index in [-0.39, 0.29) is 5.82 Å². The van der Waals surface area contributed by atoms with Crippen LogP contribution in [0.4, 0.5) is 4.39 Å². The Morgan fingerprint density at radius 3 is 2.69 bits per heavy atom. The zero-order valence-corrected chi connectivity index (χ0v) is 8.89. The van der Waals surface area contributed by atoms with E-state index in [2.05, 4.69) is 9.97 Å². The second-order valence-corrected chi connectivity index (χ2v) is 3.53. The van der Waals surface area contributed by atoms with Gasteiger partial charge in [0.25, 0.3) is 0 Å². The average molecular weight is 217 g/mol. The minimum Gasteiger partial charge on any atom is -0.319 e. The predicted octanol–water partition coefficient (Wildman–Crippen LogP) is 1.97. The summed E-state index contributed by atoms with van der Waals surface area (Å²) < 4.78 is 13.5. The molecule has 1 atom stereocenters. The fourth-order valence-corrected chi connectivity index (χ4v) is 1.53. The van der Waals surface area contributed by atoms with Crippen molar-refractivity contribution >= 4 is 0 Å². The van der Waals surface area contributed by atoms with Crippen molar-refractivity contribution in [2.45, 2.75) is 13.0 Å². The van der Waals surface area contributed by atoms with Gasteiger partial charge in [0, 0.05) is 11.8 Å². The molecule has 1 heterocycles. The summed E-state index contributed by atoms with van der Waals surface area (Å²) in [5.41, 5.74) is 7.02. The van der Waals surface area contributed by atoms with Gasteiger partial charge in [-0.3, -0.25) is 0 Å². The molecule has 0 aliphatic rings. The van der Waals surface area contributed by atoms with E-state index < -0.39 is 6.04 Å². The SMILES string of the molecule is Cc1nccc(C(N)c2ccccc2F)n1. The fraction of sp³-hybridized carbons (Fsp3) is 0.167. The molecule has 1 aromatic heterocycles. The lowest BCUT2D eigenvalue weighted by molar-refractivity contribution is 0.596. The average Bonchev–Trinajstić information content (AvgIpc) is 2.29. The summed E-state index contributed by atoms with van der Waals surface area (Å²) in [4.78, 5) is 8.17. The van der Waals surface area contributed by atoms with Crippen LogP contribution in [0.15, 0.2) is 36.5 Å². The summed E-state index contributed by atoms with van der Waals surface area (Å²) in [5.74, 6) is 0.315. The van der Waals surface area contributed by atoms with Gasteiger partial charge in [0.2, 0.25) is 0 Å². The number of nitrogens with zero attached hydrogens (tertiary/aromatic N) is 2. The first-order chi connectivity index (χ1) is 7.68. The van der Waals surface area contributed by atoms with E-state index >= 15 is 0 Å². The predicted molar refractivity (Wildman–Crippen MR) is 59.2 cm³/mol. The normalized spacial score (nSPS) is 12.4. The van der Waals surface area contributed by atoms with Crippen LogP contribution < -0.4 is 5.73 Å². The smallest absolute Gasteiger partial charge is 0.128 e. The molecule has 0 bridgehead atoms. The molecule has 82 valence electrons. The first-order valence-electron chi connectivity index (χ1n) is 4.98. The molecule has 0 aliphatic carbocycles. The van der Waals surface area contributed by atoms with Crippen molar-refractivity contribution in [3.8, 4) is 0 Å². The molecular formula is C12H12FN3. The Morgan fingerprint density at radius 2 is 2.00 bits per heavy atom. The molecule has 0 spiro atoms. The Labute approximate surface area is 93.2 Å². The zero-order valence-electron chi connectivity index (χ0n) is 8.89. The summed E-state index contributed by atoms with van der Waals surface area (Å²) in [6.45, 7) is 1.78. The third kappa shape index (κ3) is 2.06. The zero-order chi connectivity index (χ0) is 11.5. The third-order valence-corrected chi connectivity index (χ3v) is 2.36. The van der Waals surface area contributed by atoms with E-state index in [1.165, 1.54) is 6.07 Å². The molecule has 0 amide bonds. The minimum atomic E-state index is -0.553. The maximum Gasteiger partial charge on any atom is 0.128 e. The standard InChI is InChI=1S/C12H12FN3/c1-8-15-7-6-11(16-8)12(14)9-4-2-3-5-10(9)13/h2-7,12H,14H2,1H3. The van der Waals surface area contributed by atoms with Gasteiger partial charge in [-0.1, -0.05) is 18.2 Å². The van der Waals surface area contributed by atoms with Crippen molar-refractivity contribution < 1.29 is 4.39 Å². The van der Waals surface area contributed by atoms with Crippen LogP contribution in [-0.2, 0) is 0 Å². The van der Waals surface area contributed by atoms with E-state index in [9.17, 15) is 4.39 Å². The van der Waals surface area contributed by atoms with Crippen molar-refractivity contribution in [1.82, 2.24) is 9.97 Å². The lowest BCUT2D eigenvalue weighted by Crippen LogP contribution is -2.15. The van der Waals surface area contributed by atoms with Crippen molar-refractivity contribution in [1.29, 1.82) is 0 Å². The molecule has 1 unspecified atom stereocenters. The van der Waals surface area contributed by atoms with E-state index in [1.54, 1.807) is 37.4 Å². The minimum absolute atomic E-state index is 0.314. The Morgan fingerprint density at radius 1 is 1.25 bits per heavy atom. The number of hydrogen-bond acceptors (Lipinski definition) is 3. The van der Waals surface area contributed by atoms with Crippen LogP contribution in [0.3, 0.4) is 0 Å². The van der Waals surface area contributed by atoms with Gasteiger partial charge >= 0.3 is 0 Å². The Bertz CT molecular complexity index is 499. The molecule has 0 saturated heterocycles. The summed E-state index contributed by atoms with van der Waals surface area (Å²) in [6.07, 6.45) is 1.62.